The van der Waals surface area contributed by atoms with Crippen LogP contribution in [0.3, 0.4) is 0 Å². The molecule has 0 saturated carbocycles. The van der Waals surface area contributed by atoms with Crippen LogP contribution in [0.25, 0.3) is 168 Å². The summed E-state index contributed by atoms with van der Waals surface area (Å²) in [4.78, 5) is 56.7. The van der Waals surface area contributed by atoms with Gasteiger partial charge in [-0.3, -0.25) is 14.4 Å². The van der Waals surface area contributed by atoms with Gasteiger partial charge in [0.1, 0.15) is 0 Å². The highest BCUT2D eigenvalue weighted by Gasteiger charge is 2.40. The first-order valence-electron chi connectivity index (χ1n) is 48.3. The highest BCUT2D eigenvalue weighted by Crippen LogP contribution is 2.50. The fourth-order valence-electron chi connectivity index (χ4n) is 21.0. The molecule has 0 bridgehead atoms. The molecule has 0 fully saturated rings. The molecule has 3 aromatic heterocycles. The van der Waals surface area contributed by atoms with E-state index in [0.29, 0.717) is 0 Å². The molecule has 672 valence electrons. The lowest BCUT2D eigenvalue weighted by Gasteiger charge is -2.34. The molecule has 3 aliphatic rings. The third-order valence-electron chi connectivity index (χ3n) is 28.5. The topological polar surface area (TPSA) is 89.9 Å². The zero-order chi connectivity index (χ0) is 95.9. The number of ketones is 3. The molecule has 0 spiro atoms. The lowest BCUT2D eigenvalue weighted by Crippen LogP contribution is -2.30. The van der Waals surface area contributed by atoms with E-state index < -0.39 is 0 Å². The number of hydrogen-bond acceptors (Lipinski definition) is 6. The average Bonchev–Trinajstić information content (AvgIpc) is 0.737. The normalized spacial score (nSPS) is 13.1. The highest BCUT2D eigenvalue weighted by molar-refractivity contribution is 6.16. The second kappa shape index (κ2) is 37.5. The van der Waals surface area contributed by atoms with Crippen LogP contribution >= 0.6 is 0 Å². The number of benzene rings is 18. The lowest BCUT2D eigenvalue weighted by atomic mass is 9.68. The number of nitrogens with zero attached hydrogens (tertiary/aromatic N) is 3. The summed E-state index contributed by atoms with van der Waals surface area (Å²) in [5, 5.41) is 0. The van der Waals surface area contributed by atoms with Gasteiger partial charge < -0.3 is 0 Å². The maximum atomic E-state index is 13.8. The highest BCUT2D eigenvalue weighted by atomic mass is 16.1. The number of carbonyl (C=O) groups excluding carboxylic acids is 3. The fourth-order valence-corrected chi connectivity index (χ4v) is 21.0. The molecule has 0 saturated heterocycles. The van der Waals surface area contributed by atoms with Crippen molar-refractivity contribution >= 4 is 17.3 Å². The van der Waals surface area contributed by atoms with E-state index in [2.05, 4.69) is 442 Å². The first-order chi connectivity index (χ1) is 68.9. The van der Waals surface area contributed by atoms with E-state index in [4.69, 9.17) is 15.0 Å². The smallest absolute Gasteiger partial charge is 0.193 e. The summed E-state index contributed by atoms with van der Waals surface area (Å²) in [6, 6.07) is 170. The van der Waals surface area contributed by atoms with Crippen LogP contribution in [0.1, 0.15) is 123 Å². The number of rotatable bonds is 15. The van der Waals surface area contributed by atoms with Crippen LogP contribution in [-0.4, -0.2) is 32.3 Å². The minimum atomic E-state index is -0.258. The van der Waals surface area contributed by atoms with Crippen LogP contribution in [0.2, 0.25) is 0 Å². The molecule has 0 unspecified atom stereocenters. The molecule has 6 heteroatoms. The van der Waals surface area contributed by atoms with Gasteiger partial charge in [-0.25, -0.2) is 15.0 Å². The van der Waals surface area contributed by atoms with E-state index in [1.807, 2.05) is 91.0 Å². The standard InChI is InChI=1S/3C45H33NO/c1-45(2)40-23-12-11-22-38(40)44(47)39-27-33(24-25-41(39)45)37-21-10-9-20-36(37)32-18-13-19-34(26-32)43-29-35(30-14-5-3-6-15-30)28-42(46-43)31-16-7-4-8-17-31;1-45(2)40-23-12-11-22-38(40)44(47)39-27-33(24-25-41(39)45)32-18-13-19-34(26-32)36-20-9-10-21-37(36)43-29-35(30-14-5-3-6-15-30)28-42(46-43)31-16-7-4-8-17-31;1-45(2)40-20-12-11-19-38(40)44(47)39-27-34(25-26-41(39)45)37-18-10-9-17-36(37)31-21-23-33(24-22-31)43-29-35(30-13-5-3-6-14-30)28-42(46-43)32-15-7-4-8-16-32/h3*3-29H,1-2H3. The maximum Gasteiger partial charge on any atom is 0.193 e. The van der Waals surface area contributed by atoms with Gasteiger partial charge in [0.2, 0.25) is 0 Å². The minimum Gasteiger partial charge on any atom is -0.289 e. The largest absolute Gasteiger partial charge is 0.289 e. The summed E-state index contributed by atoms with van der Waals surface area (Å²) in [5.74, 6) is 0.283. The van der Waals surface area contributed by atoms with Gasteiger partial charge in [0.05, 0.1) is 34.2 Å². The van der Waals surface area contributed by atoms with Crippen molar-refractivity contribution in [3.63, 3.8) is 0 Å². The Kier molecular flexibility index (Phi) is 23.6. The molecule has 0 radical (unpaired) electrons. The van der Waals surface area contributed by atoms with E-state index in [-0.39, 0.29) is 33.6 Å². The molecule has 24 rings (SSSR count). The van der Waals surface area contributed by atoms with Gasteiger partial charge in [-0.2, -0.15) is 0 Å². The summed E-state index contributed by atoms with van der Waals surface area (Å²) in [6.07, 6.45) is 0. The quantitative estimate of drug-likeness (QED) is 0.102. The van der Waals surface area contributed by atoms with E-state index in [1.54, 1.807) is 0 Å². The van der Waals surface area contributed by atoms with Crippen LogP contribution in [-0.2, 0) is 16.2 Å². The van der Waals surface area contributed by atoms with Gasteiger partial charge in [-0.05, 0) is 200 Å². The number of aromatic nitrogens is 3. The molecule has 6 nitrogen and oxygen atoms in total. The van der Waals surface area contributed by atoms with Crippen LogP contribution in [0, 0.1) is 0 Å². The lowest BCUT2D eigenvalue weighted by molar-refractivity contribution is 0.102. The number of pyridine rings is 3. The Labute approximate surface area is 824 Å². The van der Waals surface area contributed by atoms with Gasteiger partial charge in [0.25, 0.3) is 0 Å². The van der Waals surface area contributed by atoms with Gasteiger partial charge >= 0.3 is 0 Å². The monoisotopic (exact) mass is 1810 g/mol. The van der Waals surface area contributed by atoms with Gasteiger partial charge in [0, 0.05) is 83.0 Å². The Morgan fingerprint density at radius 2 is 0.326 bits per heavy atom. The van der Waals surface area contributed by atoms with Crippen LogP contribution in [0.15, 0.2) is 491 Å². The third-order valence-corrected chi connectivity index (χ3v) is 28.5. The summed E-state index contributed by atoms with van der Waals surface area (Å²) < 4.78 is 0. The molecule has 0 amide bonds. The predicted molar refractivity (Wildman–Crippen MR) is 580 cm³/mol. The molecule has 18 aromatic carbocycles. The molecule has 0 aliphatic heterocycles. The van der Waals surface area contributed by atoms with E-state index >= 15 is 0 Å². The second-order valence-corrected chi connectivity index (χ2v) is 38.2. The molecule has 0 atom stereocenters. The number of fused-ring (bicyclic) bond motifs is 6. The average molecular weight is 1810 g/mol. The molecule has 21 aromatic rings. The number of hydrogen-bond donors (Lipinski definition) is 0. The van der Waals surface area contributed by atoms with E-state index in [9.17, 15) is 14.4 Å². The Morgan fingerprint density at radius 3 is 0.681 bits per heavy atom. The van der Waals surface area contributed by atoms with Crippen LogP contribution in [0.5, 0.6) is 0 Å². The predicted octanol–water partition coefficient (Wildman–Crippen LogP) is 33.9. The Hall–Kier alpha value is -17.6. The summed E-state index contributed by atoms with van der Waals surface area (Å²) in [7, 11) is 0. The van der Waals surface area contributed by atoms with E-state index in [1.165, 1.54) is 0 Å². The maximum absolute atomic E-state index is 13.8. The molecular formula is C135H99N3O3. The van der Waals surface area contributed by atoms with E-state index in [0.717, 1.165) is 234 Å². The summed E-state index contributed by atoms with van der Waals surface area (Å²) in [6.45, 7) is 13.2. The van der Waals surface area contributed by atoms with Crippen molar-refractivity contribution in [2.24, 2.45) is 0 Å². The van der Waals surface area contributed by atoms with Crippen molar-refractivity contribution in [3.05, 3.63) is 558 Å². The SMILES string of the molecule is CC1(C)c2ccccc2C(=O)c2cc(-c3cccc(-c4ccccc4-c4cc(-c5ccccc5)cc(-c5ccccc5)n4)c3)ccc21.CC1(C)c2ccccc2C(=O)c2cc(-c3ccccc3-c3ccc(-c4cc(-c5ccccc5)cc(-c5ccccc5)n4)cc3)ccc21.CC1(C)c2ccccc2C(=O)c2cc(-c3ccccc3-c3cccc(-c4cc(-c5ccccc5)cc(-c5ccccc5)n4)c3)ccc21. The zero-order valence-corrected chi connectivity index (χ0v) is 79.3. The summed E-state index contributed by atoms with van der Waals surface area (Å²) >= 11 is 0. The Balaban J connectivity index is 0.000000121. The molecular weight excluding hydrogens is 1710 g/mol. The first-order valence-corrected chi connectivity index (χ1v) is 48.3. The first kappa shape index (κ1) is 88.7. The molecule has 141 heavy (non-hydrogen) atoms. The van der Waals surface area contributed by atoms with Crippen molar-refractivity contribution in [1.29, 1.82) is 0 Å². The van der Waals surface area contributed by atoms with Crippen LogP contribution < -0.4 is 0 Å². The fraction of sp³-hybridized carbons (Fsp3) is 0.0667. The molecule has 0 N–H and O–H groups in total. The van der Waals surface area contributed by atoms with Crippen molar-refractivity contribution in [3.8, 4) is 168 Å². The van der Waals surface area contributed by atoms with Gasteiger partial charge in [0.15, 0.2) is 17.3 Å². The third kappa shape index (κ3) is 17.2. The van der Waals surface area contributed by atoms with Gasteiger partial charge in [-0.1, -0.05) is 466 Å². The Bertz CT molecular complexity index is 8220. The molecule has 3 aliphatic carbocycles. The molecule has 3 heterocycles. The van der Waals surface area contributed by atoms with Crippen molar-refractivity contribution in [2.45, 2.75) is 57.8 Å². The van der Waals surface area contributed by atoms with Crippen LogP contribution in [0.4, 0.5) is 0 Å². The van der Waals surface area contributed by atoms with Crippen molar-refractivity contribution < 1.29 is 14.4 Å². The van der Waals surface area contributed by atoms with Gasteiger partial charge in [-0.15, -0.1) is 0 Å². The Morgan fingerprint density at radius 1 is 0.128 bits per heavy atom. The second-order valence-electron chi connectivity index (χ2n) is 38.2. The van der Waals surface area contributed by atoms with Crippen molar-refractivity contribution in [1.82, 2.24) is 15.0 Å². The number of carbonyl (C=O) groups is 3. The zero-order valence-electron chi connectivity index (χ0n) is 79.3. The minimum absolute atomic E-state index is 0.0925. The van der Waals surface area contributed by atoms with Crippen molar-refractivity contribution in [2.75, 3.05) is 0 Å². The summed E-state index contributed by atoms with van der Waals surface area (Å²) in [5.41, 5.74) is 42.4.